The molecule has 0 heterocycles. The minimum absolute atomic E-state index is 0.0838. The van der Waals surface area contributed by atoms with Crippen LogP contribution in [0.4, 0.5) is 4.79 Å². The number of amides is 2. The van der Waals surface area contributed by atoms with Crippen molar-refractivity contribution >= 4 is 18.0 Å². The van der Waals surface area contributed by atoms with E-state index in [1.807, 2.05) is 13.8 Å². The van der Waals surface area contributed by atoms with Crippen LogP contribution < -0.4 is 5.32 Å². The van der Waals surface area contributed by atoms with Crippen molar-refractivity contribution in [1.29, 1.82) is 0 Å². The fourth-order valence-electron chi connectivity index (χ4n) is 1.99. The summed E-state index contributed by atoms with van der Waals surface area (Å²) in [6.45, 7) is 10.2. The smallest absolute Gasteiger partial charge is 0.410 e. The number of nitrogens with zero attached hydrogens (tertiary/aromatic N) is 1. The molecule has 0 saturated heterocycles. The summed E-state index contributed by atoms with van der Waals surface area (Å²) in [5.74, 6) is -1.91. The van der Waals surface area contributed by atoms with Gasteiger partial charge in [0.1, 0.15) is 11.6 Å². The molecule has 0 spiro atoms. The maximum absolute atomic E-state index is 12.5. The van der Waals surface area contributed by atoms with E-state index in [2.05, 4.69) is 5.32 Å². The summed E-state index contributed by atoms with van der Waals surface area (Å²) in [6, 6.07) is -2.35. The summed E-state index contributed by atoms with van der Waals surface area (Å²) >= 11 is 0. The molecule has 3 atom stereocenters. The molecule has 2 amide bonds. The van der Waals surface area contributed by atoms with Crippen LogP contribution in [0.3, 0.4) is 0 Å². The lowest BCUT2D eigenvalue weighted by atomic mass is 10.0. The lowest BCUT2D eigenvalue weighted by Gasteiger charge is -2.31. The lowest BCUT2D eigenvalue weighted by molar-refractivity contribution is -0.145. The summed E-state index contributed by atoms with van der Waals surface area (Å²) in [4.78, 5) is 37.0. The van der Waals surface area contributed by atoms with Crippen LogP contribution in [0, 0.1) is 5.92 Å². The Hall–Kier alpha value is -1.83. The van der Waals surface area contributed by atoms with Gasteiger partial charge < -0.3 is 20.3 Å². The van der Waals surface area contributed by atoms with Gasteiger partial charge >= 0.3 is 12.1 Å². The SMILES string of the molecule is CC(C)C[C@@H](C(=O)N[C@H](C(=O)O)[C@@H](C)O)N(C)C(=O)OC(C)(C)C. The van der Waals surface area contributed by atoms with E-state index in [4.69, 9.17) is 9.84 Å². The number of carboxylic acids is 1. The Kier molecular flexibility index (Phi) is 8.19. The zero-order valence-corrected chi connectivity index (χ0v) is 15.5. The van der Waals surface area contributed by atoms with Crippen molar-refractivity contribution in [2.24, 2.45) is 5.92 Å². The summed E-state index contributed by atoms with van der Waals surface area (Å²) in [7, 11) is 1.43. The van der Waals surface area contributed by atoms with Gasteiger partial charge in [-0.1, -0.05) is 13.8 Å². The van der Waals surface area contributed by atoms with Crippen LogP contribution in [0.2, 0.25) is 0 Å². The predicted octanol–water partition coefficient (Wildman–Crippen LogP) is 1.22. The average Bonchev–Trinajstić information content (AvgIpc) is 2.38. The number of aliphatic hydroxyl groups excluding tert-OH is 1. The topological polar surface area (TPSA) is 116 Å². The number of carbonyl (C=O) groups is 3. The molecule has 0 aliphatic carbocycles. The van der Waals surface area contributed by atoms with Gasteiger partial charge in [-0.25, -0.2) is 9.59 Å². The lowest BCUT2D eigenvalue weighted by Crippen LogP contribution is -2.55. The number of ether oxygens (including phenoxy) is 1. The number of hydrogen-bond acceptors (Lipinski definition) is 5. The van der Waals surface area contributed by atoms with Crippen LogP contribution in [0.5, 0.6) is 0 Å². The van der Waals surface area contributed by atoms with E-state index >= 15 is 0 Å². The van der Waals surface area contributed by atoms with E-state index in [1.165, 1.54) is 14.0 Å². The van der Waals surface area contributed by atoms with Gasteiger partial charge in [-0.05, 0) is 40.0 Å². The third-order valence-corrected chi connectivity index (χ3v) is 3.19. The molecule has 0 saturated carbocycles. The van der Waals surface area contributed by atoms with Crippen LogP contribution >= 0.6 is 0 Å². The van der Waals surface area contributed by atoms with Gasteiger partial charge in [0.15, 0.2) is 6.04 Å². The molecule has 0 aromatic carbocycles. The molecule has 0 rings (SSSR count). The highest BCUT2D eigenvalue weighted by Gasteiger charge is 2.34. The third kappa shape index (κ3) is 7.63. The molecule has 0 aromatic rings. The van der Waals surface area contributed by atoms with E-state index in [9.17, 15) is 19.5 Å². The zero-order valence-electron chi connectivity index (χ0n) is 15.5. The summed E-state index contributed by atoms with van der Waals surface area (Å²) in [5.41, 5.74) is -0.715. The Morgan fingerprint density at radius 2 is 1.67 bits per heavy atom. The summed E-state index contributed by atoms with van der Waals surface area (Å²) in [5, 5.41) is 20.9. The fourth-order valence-corrected chi connectivity index (χ4v) is 1.99. The Morgan fingerprint density at radius 1 is 1.17 bits per heavy atom. The largest absolute Gasteiger partial charge is 0.480 e. The number of nitrogens with one attached hydrogen (secondary N) is 1. The molecule has 8 heteroatoms. The average molecular weight is 346 g/mol. The van der Waals surface area contributed by atoms with E-state index in [1.54, 1.807) is 20.8 Å². The molecule has 0 bridgehead atoms. The van der Waals surface area contributed by atoms with Gasteiger partial charge in [0, 0.05) is 7.05 Å². The summed E-state index contributed by atoms with van der Waals surface area (Å²) < 4.78 is 5.25. The first-order chi connectivity index (χ1) is 10.8. The molecule has 0 aliphatic heterocycles. The Balaban J connectivity index is 5.27. The summed E-state index contributed by atoms with van der Waals surface area (Å²) in [6.07, 6.45) is -1.61. The molecular formula is C16H30N2O6. The van der Waals surface area contributed by atoms with Crippen molar-refractivity contribution < 1.29 is 29.3 Å². The van der Waals surface area contributed by atoms with Crippen molar-refractivity contribution in [3.8, 4) is 0 Å². The Labute approximate surface area is 143 Å². The van der Waals surface area contributed by atoms with Crippen molar-refractivity contribution in [2.75, 3.05) is 7.05 Å². The van der Waals surface area contributed by atoms with E-state index < -0.39 is 41.8 Å². The van der Waals surface area contributed by atoms with Crippen LogP contribution in [-0.4, -0.2) is 63.9 Å². The molecule has 3 N–H and O–H groups in total. The molecule has 0 radical (unpaired) electrons. The zero-order chi connectivity index (χ0) is 19.2. The highest BCUT2D eigenvalue weighted by atomic mass is 16.6. The van der Waals surface area contributed by atoms with Crippen molar-refractivity contribution in [3.63, 3.8) is 0 Å². The molecule has 0 fully saturated rings. The second kappa shape index (κ2) is 8.86. The number of aliphatic hydroxyl groups is 1. The minimum Gasteiger partial charge on any atom is -0.480 e. The molecule has 0 aromatic heterocycles. The van der Waals surface area contributed by atoms with Gasteiger partial charge in [-0.2, -0.15) is 0 Å². The first-order valence-electron chi connectivity index (χ1n) is 7.93. The Bertz CT molecular complexity index is 456. The standard InChI is InChI=1S/C16H30N2O6/c1-9(2)8-11(18(7)15(23)24-16(4,5)6)13(20)17-12(10(3)19)14(21)22/h9-12,19H,8H2,1-7H3,(H,17,20)(H,21,22)/t10-,11+,12+/m1/s1. The van der Waals surface area contributed by atoms with Crippen LogP contribution in [0.1, 0.15) is 48.0 Å². The second-order valence-corrected chi connectivity index (χ2v) is 7.30. The van der Waals surface area contributed by atoms with Crippen molar-refractivity contribution in [1.82, 2.24) is 10.2 Å². The maximum atomic E-state index is 12.5. The van der Waals surface area contributed by atoms with Crippen LogP contribution in [0.15, 0.2) is 0 Å². The first kappa shape index (κ1) is 22.2. The van der Waals surface area contributed by atoms with Gasteiger partial charge in [0.2, 0.25) is 5.91 Å². The molecule has 0 aliphatic rings. The van der Waals surface area contributed by atoms with Gasteiger partial charge in [0.25, 0.3) is 0 Å². The number of hydrogen-bond donors (Lipinski definition) is 3. The number of likely N-dealkylation sites (N-methyl/N-ethyl adjacent to an activating group) is 1. The van der Waals surface area contributed by atoms with Crippen molar-refractivity contribution in [3.05, 3.63) is 0 Å². The number of aliphatic carboxylic acids is 1. The quantitative estimate of drug-likeness (QED) is 0.638. The van der Waals surface area contributed by atoms with Gasteiger partial charge in [0.05, 0.1) is 6.10 Å². The molecule has 8 nitrogen and oxygen atoms in total. The van der Waals surface area contributed by atoms with E-state index in [0.717, 1.165) is 4.90 Å². The number of rotatable bonds is 7. The fraction of sp³-hybridized carbons (Fsp3) is 0.812. The van der Waals surface area contributed by atoms with Gasteiger partial charge in [-0.3, -0.25) is 9.69 Å². The van der Waals surface area contributed by atoms with E-state index in [-0.39, 0.29) is 5.92 Å². The normalized spacial score (nSPS) is 15.4. The van der Waals surface area contributed by atoms with E-state index in [0.29, 0.717) is 6.42 Å². The highest BCUT2D eigenvalue weighted by molar-refractivity contribution is 5.89. The Morgan fingerprint density at radius 3 is 2.00 bits per heavy atom. The molecule has 140 valence electrons. The number of carboxylic acid groups (broad SMARTS) is 1. The van der Waals surface area contributed by atoms with Crippen molar-refractivity contribution in [2.45, 2.75) is 71.8 Å². The second-order valence-electron chi connectivity index (χ2n) is 7.30. The number of carbonyl (C=O) groups excluding carboxylic acids is 2. The molecular weight excluding hydrogens is 316 g/mol. The molecule has 24 heavy (non-hydrogen) atoms. The first-order valence-corrected chi connectivity index (χ1v) is 7.93. The monoisotopic (exact) mass is 346 g/mol. The van der Waals surface area contributed by atoms with Crippen LogP contribution in [-0.2, 0) is 14.3 Å². The minimum atomic E-state index is -1.45. The molecule has 0 unspecified atom stereocenters. The third-order valence-electron chi connectivity index (χ3n) is 3.19. The van der Waals surface area contributed by atoms with Crippen LogP contribution in [0.25, 0.3) is 0 Å². The van der Waals surface area contributed by atoms with Gasteiger partial charge in [-0.15, -0.1) is 0 Å². The maximum Gasteiger partial charge on any atom is 0.410 e. The highest BCUT2D eigenvalue weighted by Crippen LogP contribution is 2.16. The predicted molar refractivity (Wildman–Crippen MR) is 88.5 cm³/mol.